The van der Waals surface area contributed by atoms with Gasteiger partial charge in [-0.05, 0) is 48.9 Å². The number of carbonyl (C=O) groups excluding carboxylic acids is 2. The molecule has 1 aromatic heterocycles. The number of aryl methyl sites for hydroxylation is 1. The first kappa shape index (κ1) is 18.1. The van der Waals surface area contributed by atoms with E-state index >= 15 is 0 Å². The Balaban J connectivity index is 1.82. The summed E-state index contributed by atoms with van der Waals surface area (Å²) in [7, 11) is 1.52. The van der Waals surface area contributed by atoms with Crippen molar-refractivity contribution in [2.75, 3.05) is 17.7 Å². The zero-order chi connectivity index (χ0) is 19.2. The average Bonchev–Trinajstić information content (AvgIpc) is 2.69. The molecule has 3 aromatic rings. The van der Waals surface area contributed by atoms with Crippen molar-refractivity contribution in [1.82, 2.24) is 4.98 Å². The predicted octanol–water partition coefficient (Wildman–Crippen LogP) is 3.90. The van der Waals surface area contributed by atoms with Crippen LogP contribution in [-0.4, -0.2) is 23.9 Å². The number of aromatic nitrogens is 1. The number of hydrogen-bond donors (Lipinski definition) is 2. The summed E-state index contributed by atoms with van der Waals surface area (Å²) in [4.78, 5) is 28.8. The second-order valence-electron chi connectivity index (χ2n) is 5.87. The molecule has 6 heteroatoms. The molecule has 0 spiro atoms. The van der Waals surface area contributed by atoms with Gasteiger partial charge in [-0.25, -0.2) is 0 Å². The Bertz CT molecular complexity index is 971. The first-order chi connectivity index (χ1) is 13.1. The number of ether oxygens (including phenoxy) is 1. The highest BCUT2D eigenvalue weighted by molar-refractivity contribution is 6.07. The van der Waals surface area contributed by atoms with E-state index in [0.29, 0.717) is 28.3 Å². The molecule has 2 N–H and O–H groups in total. The summed E-state index contributed by atoms with van der Waals surface area (Å²) in [5.41, 5.74) is 2.95. The van der Waals surface area contributed by atoms with Crippen LogP contribution in [0.1, 0.15) is 26.3 Å². The lowest BCUT2D eigenvalue weighted by molar-refractivity contribution is 0.101. The molecule has 2 aromatic carbocycles. The van der Waals surface area contributed by atoms with Crippen LogP contribution in [-0.2, 0) is 0 Å². The molecule has 2 amide bonds. The van der Waals surface area contributed by atoms with Gasteiger partial charge in [0.15, 0.2) is 0 Å². The molecule has 6 nitrogen and oxygen atoms in total. The minimum Gasteiger partial charge on any atom is -0.495 e. The third-order valence-corrected chi connectivity index (χ3v) is 4.04. The summed E-state index contributed by atoms with van der Waals surface area (Å²) < 4.78 is 5.32. The number of anilines is 2. The van der Waals surface area contributed by atoms with Gasteiger partial charge in [-0.1, -0.05) is 18.2 Å². The second kappa shape index (κ2) is 8.14. The topological polar surface area (TPSA) is 80.3 Å². The van der Waals surface area contributed by atoms with E-state index in [1.54, 1.807) is 48.8 Å². The lowest BCUT2D eigenvalue weighted by atomic mass is 10.1. The van der Waals surface area contributed by atoms with Crippen LogP contribution in [0, 0.1) is 6.92 Å². The molecule has 0 aliphatic heterocycles. The van der Waals surface area contributed by atoms with Crippen molar-refractivity contribution in [1.29, 1.82) is 0 Å². The summed E-state index contributed by atoms with van der Waals surface area (Å²) in [6, 6.07) is 15.6. The first-order valence-corrected chi connectivity index (χ1v) is 8.35. The van der Waals surface area contributed by atoms with Crippen LogP contribution in [0.4, 0.5) is 11.4 Å². The van der Waals surface area contributed by atoms with Gasteiger partial charge in [0.2, 0.25) is 0 Å². The lowest BCUT2D eigenvalue weighted by Crippen LogP contribution is -2.15. The minimum atomic E-state index is -0.265. The maximum Gasteiger partial charge on any atom is 0.256 e. The number of nitrogens with one attached hydrogen (secondary N) is 2. The maximum atomic E-state index is 12.6. The summed E-state index contributed by atoms with van der Waals surface area (Å²) in [5.74, 6) is -0.0124. The van der Waals surface area contributed by atoms with Gasteiger partial charge >= 0.3 is 0 Å². The Labute approximate surface area is 157 Å². The lowest BCUT2D eigenvalue weighted by Gasteiger charge is -2.13. The highest BCUT2D eigenvalue weighted by atomic mass is 16.5. The van der Waals surface area contributed by atoms with Crippen molar-refractivity contribution < 1.29 is 14.3 Å². The Morgan fingerprint density at radius 1 is 0.926 bits per heavy atom. The molecule has 0 aliphatic rings. The number of carbonyl (C=O) groups is 2. The zero-order valence-corrected chi connectivity index (χ0v) is 15.0. The summed E-state index contributed by atoms with van der Waals surface area (Å²) >= 11 is 0. The number of nitrogens with zero attached hydrogens (tertiary/aromatic N) is 1. The number of hydrogen-bond acceptors (Lipinski definition) is 4. The summed E-state index contributed by atoms with van der Waals surface area (Å²) in [5, 5.41) is 5.65. The van der Waals surface area contributed by atoms with E-state index in [1.807, 2.05) is 25.1 Å². The van der Waals surface area contributed by atoms with Gasteiger partial charge in [0.1, 0.15) is 5.75 Å². The Morgan fingerprint density at radius 3 is 2.37 bits per heavy atom. The van der Waals surface area contributed by atoms with E-state index in [0.717, 1.165) is 5.56 Å². The monoisotopic (exact) mass is 361 g/mol. The molecule has 0 bridgehead atoms. The van der Waals surface area contributed by atoms with Crippen molar-refractivity contribution in [3.8, 4) is 5.75 Å². The van der Waals surface area contributed by atoms with Crippen molar-refractivity contribution in [3.63, 3.8) is 0 Å². The number of rotatable bonds is 5. The molecule has 0 radical (unpaired) electrons. The maximum absolute atomic E-state index is 12.6. The van der Waals surface area contributed by atoms with E-state index in [2.05, 4.69) is 15.6 Å². The van der Waals surface area contributed by atoms with Crippen molar-refractivity contribution in [2.24, 2.45) is 0 Å². The van der Waals surface area contributed by atoms with Crippen LogP contribution in [0.5, 0.6) is 5.75 Å². The summed E-state index contributed by atoms with van der Waals surface area (Å²) in [6.45, 7) is 1.87. The number of benzene rings is 2. The van der Waals surface area contributed by atoms with Gasteiger partial charge in [0.05, 0.1) is 12.8 Å². The fourth-order valence-corrected chi connectivity index (χ4v) is 2.61. The highest BCUT2D eigenvalue weighted by Gasteiger charge is 2.13. The molecule has 0 fully saturated rings. The Hall–Kier alpha value is -3.67. The molecule has 136 valence electrons. The molecule has 0 aliphatic carbocycles. The quantitative estimate of drug-likeness (QED) is 0.722. The van der Waals surface area contributed by atoms with Crippen molar-refractivity contribution >= 4 is 23.2 Å². The van der Waals surface area contributed by atoms with Crippen LogP contribution < -0.4 is 15.4 Å². The van der Waals surface area contributed by atoms with Crippen molar-refractivity contribution in [2.45, 2.75) is 6.92 Å². The molecule has 3 rings (SSSR count). The van der Waals surface area contributed by atoms with Crippen LogP contribution in [0.15, 0.2) is 67.0 Å². The van der Waals surface area contributed by atoms with Gasteiger partial charge in [-0.3, -0.25) is 14.6 Å². The number of methoxy groups -OCH3 is 1. The highest BCUT2D eigenvalue weighted by Crippen LogP contribution is 2.29. The number of amides is 2. The van der Waals surface area contributed by atoms with E-state index in [9.17, 15) is 9.59 Å². The van der Waals surface area contributed by atoms with Crippen molar-refractivity contribution in [3.05, 3.63) is 83.7 Å². The van der Waals surface area contributed by atoms with Gasteiger partial charge in [0, 0.05) is 29.2 Å². The van der Waals surface area contributed by atoms with Gasteiger partial charge in [0.25, 0.3) is 11.8 Å². The van der Waals surface area contributed by atoms with Gasteiger partial charge in [-0.15, -0.1) is 0 Å². The van der Waals surface area contributed by atoms with Gasteiger partial charge < -0.3 is 15.4 Å². The molecule has 1 heterocycles. The standard InChI is InChI=1S/C21H19N3O3/c1-14-5-3-4-6-17(14)21(26)24-18-13-16(7-8-19(18)27-2)23-20(25)15-9-11-22-12-10-15/h3-13H,1-2H3,(H,23,25)(H,24,26). The SMILES string of the molecule is COc1ccc(NC(=O)c2ccncc2)cc1NC(=O)c1ccccc1C. The molecule has 0 saturated heterocycles. The molecule has 0 unspecified atom stereocenters. The normalized spacial score (nSPS) is 10.1. The van der Waals surface area contributed by atoms with Gasteiger partial charge in [-0.2, -0.15) is 0 Å². The zero-order valence-electron chi connectivity index (χ0n) is 15.0. The number of pyridine rings is 1. The molecular formula is C21H19N3O3. The minimum absolute atomic E-state index is 0.246. The van der Waals surface area contributed by atoms with E-state index in [1.165, 1.54) is 7.11 Å². The predicted molar refractivity (Wildman–Crippen MR) is 104 cm³/mol. The smallest absolute Gasteiger partial charge is 0.256 e. The molecule has 0 saturated carbocycles. The third kappa shape index (κ3) is 4.30. The third-order valence-electron chi connectivity index (χ3n) is 4.04. The van der Waals surface area contributed by atoms with E-state index in [-0.39, 0.29) is 11.8 Å². The molecule has 0 atom stereocenters. The van der Waals surface area contributed by atoms with E-state index < -0.39 is 0 Å². The second-order valence-corrected chi connectivity index (χ2v) is 5.87. The summed E-state index contributed by atoms with van der Waals surface area (Å²) in [6.07, 6.45) is 3.10. The molecule has 27 heavy (non-hydrogen) atoms. The van der Waals surface area contributed by atoms with Crippen LogP contribution in [0.25, 0.3) is 0 Å². The Kier molecular flexibility index (Phi) is 5.47. The van der Waals surface area contributed by atoms with Crippen LogP contribution in [0.3, 0.4) is 0 Å². The van der Waals surface area contributed by atoms with E-state index in [4.69, 9.17) is 4.74 Å². The largest absolute Gasteiger partial charge is 0.495 e. The fourth-order valence-electron chi connectivity index (χ4n) is 2.61. The fraction of sp³-hybridized carbons (Fsp3) is 0.0952. The first-order valence-electron chi connectivity index (χ1n) is 8.35. The Morgan fingerprint density at radius 2 is 1.67 bits per heavy atom. The average molecular weight is 361 g/mol. The van der Waals surface area contributed by atoms with Crippen LogP contribution in [0.2, 0.25) is 0 Å². The molecular weight excluding hydrogens is 342 g/mol. The van der Waals surface area contributed by atoms with Crippen LogP contribution >= 0.6 is 0 Å².